The number of carboxylic acids is 1. The minimum atomic E-state index is -4.71. The quantitative estimate of drug-likeness (QED) is 0.820. The Kier molecular flexibility index (Phi) is 2.94. The van der Waals surface area contributed by atoms with Gasteiger partial charge in [-0.25, -0.2) is 4.79 Å². The summed E-state index contributed by atoms with van der Waals surface area (Å²) in [5, 5.41) is 19.7. The number of anilines is 1. The fourth-order valence-corrected chi connectivity index (χ4v) is 1.81. The van der Waals surface area contributed by atoms with E-state index in [-0.39, 0.29) is 16.8 Å². The van der Waals surface area contributed by atoms with Gasteiger partial charge in [-0.15, -0.1) is 0 Å². The molecule has 0 aromatic heterocycles. The number of rotatable bonds is 1. The Morgan fingerprint density at radius 1 is 1.42 bits per heavy atom. The fraction of sp³-hybridized carbons (Fsp3) is 0.167. The maximum Gasteiger partial charge on any atom is 0.413 e. The van der Waals surface area contributed by atoms with Gasteiger partial charge in [0.1, 0.15) is 0 Å². The molecule has 19 heavy (non-hydrogen) atoms. The van der Waals surface area contributed by atoms with Crippen LogP contribution in [0.25, 0.3) is 6.08 Å². The molecule has 0 bridgehead atoms. The lowest BCUT2D eigenvalue weighted by atomic mass is 9.96. The summed E-state index contributed by atoms with van der Waals surface area (Å²) in [5.41, 5.74) is -0.162. The number of carbonyl (C=O) groups is 1. The summed E-state index contributed by atoms with van der Waals surface area (Å²) >= 11 is 0. The average Bonchev–Trinajstić information content (AvgIpc) is 2.35. The van der Waals surface area contributed by atoms with Gasteiger partial charge in [-0.2, -0.15) is 18.4 Å². The topological polar surface area (TPSA) is 73.1 Å². The second-order valence-electron chi connectivity index (χ2n) is 3.94. The van der Waals surface area contributed by atoms with E-state index in [1.54, 1.807) is 0 Å². The highest BCUT2D eigenvalue weighted by molar-refractivity contribution is 5.97. The number of carboxylic acid groups (broad SMARTS) is 1. The molecule has 98 valence electrons. The van der Waals surface area contributed by atoms with Crippen molar-refractivity contribution in [3.63, 3.8) is 0 Å². The van der Waals surface area contributed by atoms with Crippen LogP contribution in [-0.2, 0) is 4.79 Å². The third-order valence-corrected chi connectivity index (χ3v) is 2.68. The first-order chi connectivity index (χ1) is 8.82. The lowest BCUT2D eigenvalue weighted by Gasteiger charge is -2.28. The number of nitriles is 1. The summed E-state index contributed by atoms with van der Waals surface area (Å²) in [4.78, 5) is 10.9. The number of benzene rings is 1. The van der Waals surface area contributed by atoms with Crippen molar-refractivity contribution in [2.24, 2.45) is 0 Å². The van der Waals surface area contributed by atoms with Gasteiger partial charge in [0.15, 0.2) is 6.04 Å². The molecule has 0 aliphatic carbocycles. The van der Waals surface area contributed by atoms with Crippen molar-refractivity contribution in [3.05, 3.63) is 34.9 Å². The van der Waals surface area contributed by atoms with Gasteiger partial charge in [0.2, 0.25) is 0 Å². The summed E-state index contributed by atoms with van der Waals surface area (Å²) in [5.74, 6) is -1.65. The van der Waals surface area contributed by atoms with Crippen LogP contribution in [0.2, 0.25) is 0 Å². The maximum absolute atomic E-state index is 12.8. The molecule has 1 heterocycles. The summed E-state index contributed by atoms with van der Waals surface area (Å²) in [6, 6.07) is 3.59. The third kappa shape index (κ3) is 2.38. The van der Waals surface area contributed by atoms with Crippen molar-refractivity contribution in [1.29, 1.82) is 5.26 Å². The van der Waals surface area contributed by atoms with Crippen molar-refractivity contribution in [3.8, 4) is 6.07 Å². The highest BCUT2D eigenvalue weighted by atomic mass is 19.4. The third-order valence-electron chi connectivity index (χ3n) is 2.68. The molecule has 1 aromatic rings. The molecule has 1 unspecified atom stereocenters. The summed E-state index contributed by atoms with van der Waals surface area (Å²) < 4.78 is 38.3. The lowest BCUT2D eigenvalue weighted by molar-refractivity contribution is -0.146. The lowest BCUT2D eigenvalue weighted by Crippen LogP contribution is -2.41. The van der Waals surface area contributed by atoms with Crippen LogP contribution >= 0.6 is 0 Å². The number of alkyl halides is 3. The first kappa shape index (κ1) is 13.0. The first-order valence-corrected chi connectivity index (χ1v) is 5.15. The van der Waals surface area contributed by atoms with Gasteiger partial charge in [-0.05, 0) is 29.8 Å². The maximum atomic E-state index is 12.8. The standard InChI is InChI=1S/C12H7F3N2O2/c13-12(14,15)10-8(11(18)19)4-7-3-6(5-16)1-2-9(7)17-10/h1-4,10,17H,(H,18,19). The van der Waals surface area contributed by atoms with Crippen molar-refractivity contribution in [2.45, 2.75) is 12.2 Å². The predicted molar refractivity (Wildman–Crippen MR) is 60.2 cm³/mol. The number of fused-ring (bicyclic) bond motifs is 1. The van der Waals surface area contributed by atoms with E-state index < -0.39 is 23.8 Å². The summed E-state index contributed by atoms with van der Waals surface area (Å²) in [6.45, 7) is 0. The van der Waals surface area contributed by atoms with E-state index in [0.29, 0.717) is 0 Å². The SMILES string of the molecule is N#Cc1ccc2c(c1)C=C(C(=O)O)C(C(F)(F)F)N2. The summed E-state index contributed by atoms with van der Waals surface area (Å²) in [6.07, 6.45) is -3.77. The second-order valence-corrected chi connectivity index (χ2v) is 3.94. The number of nitrogens with zero attached hydrogens (tertiary/aromatic N) is 1. The molecule has 0 fully saturated rings. The molecule has 4 nitrogen and oxygen atoms in total. The van der Waals surface area contributed by atoms with E-state index in [4.69, 9.17) is 10.4 Å². The zero-order valence-electron chi connectivity index (χ0n) is 9.32. The van der Waals surface area contributed by atoms with Crippen LogP contribution in [0.5, 0.6) is 0 Å². The summed E-state index contributed by atoms with van der Waals surface area (Å²) in [7, 11) is 0. The Hall–Kier alpha value is -2.49. The fourth-order valence-electron chi connectivity index (χ4n) is 1.81. The molecule has 0 amide bonds. The molecule has 2 N–H and O–H groups in total. The Morgan fingerprint density at radius 2 is 2.11 bits per heavy atom. The Balaban J connectivity index is 2.55. The molecule has 0 saturated heterocycles. The van der Waals surface area contributed by atoms with E-state index in [0.717, 1.165) is 6.08 Å². The number of hydrogen-bond acceptors (Lipinski definition) is 3. The van der Waals surface area contributed by atoms with Crippen LogP contribution in [0, 0.1) is 11.3 Å². The molecule has 7 heteroatoms. The number of aliphatic carboxylic acids is 1. The zero-order valence-corrected chi connectivity index (χ0v) is 9.32. The van der Waals surface area contributed by atoms with E-state index >= 15 is 0 Å². The normalized spacial score (nSPS) is 17.8. The van der Waals surface area contributed by atoms with Gasteiger partial charge in [-0.3, -0.25) is 0 Å². The molecular formula is C12H7F3N2O2. The predicted octanol–water partition coefficient (Wildman–Crippen LogP) is 2.38. The van der Waals surface area contributed by atoms with Crippen molar-refractivity contribution >= 4 is 17.7 Å². The molecule has 1 atom stereocenters. The van der Waals surface area contributed by atoms with Crippen LogP contribution in [0.3, 0.4) is 0 Å². The van der Waals surface area contributed by atoms with Gasteiger partial charge >= 0.3 is 12.1 Å². The molecular weight excluding hydrogens is 261 g/mol. The number of nitrogens with one attached hydrogen (secondary N) is 1. The molecule has 0 saturated carbocycles. The van der Waals surface area contributed by atoms with Crippen molar-refractivity contribution in [2.75, 3.05) is 5.32 Å². The largest absolute Gasteiger partial charge is 0.478 e. The average molecular weight is 268 g/mol. The van der Waals surface area contributed by atoms with Gasteiger partial charge < -0.3 is 10.4 Å². The van der Waals surface area contributed by atoms with Crippen LogP contribution in [0.1, 0.15) is 11.1 Å². The van der Waals surface area contributed by atoms with E-state index in [1.807, 2.05) is 6.07 Å². The molecule has 0 radical (unpaired) electrons. The van der Waals surface area contributed by atoms with Crippen LogP contribution in [-0.4, -0.2) is 23.3 Å². The van der Waals surface area contributed by atoms with Gasteiger partial charge in [0, 0.05) is 5.69 Å². The number of halogens is 3. The smallest absolute Gasteiger partial charge is 0.413 e. The monoisotopic (exact) mass is 268 g/mol. The second kappa shape index (κ2) is 4.31. The van der Waals surface area contributed by atoms with Gasteiger partial charge in [0.05, 0.1) is 17.2 Å². The number of hydrogen-bond donors (Lipinski definition) is 2. The van der Waals surface area contributed by atoms with E-state index in [9.17, 15) is 18.0 Å². The van der Waals surface area contributed by atoms with Crippen LogP contribution in [0.4, 0.5) is 18.9 Å². The minimum absolute atomic E-state index is 0.145. The van der Waals surface area contributed by atoms with Crippen LogP contribution in [0.15, 0.2) is 23.8 Å². The Morgan fingerprint density at radius 3 is 2.63 bits per heavy atom. The van der Waals surface area contributed by atoms with Crippen LogP contribution < -0.4 is 5.32 Å². The molecule has 0 spiro atoms. The zero-order chi connectivity index (χ0) is 14.2. The highest BCUT2D eigenvalue weighted by Gasteiger charge is 2.46. The van der Waals surface area contributed by atoms with Crippen molar-refractivity contribution in [1.82, 2.24) is 0 Å². The molecule has 2 rings (SSSR count). The highest BCUT2D eigenvalue weighted by Crippen LogP contribution is 2.35. The molecule has 1 aliphatic rings. The minimum Gasteiger partial charge on any atom is -0.478 e. The van der Waals surface area contributed by atoms with E-state index in [2.05, 4.69) is 5.32 Å². The molecule has 1 aliphatic heterocycles. The Bertz CT molecular complexity index is 614. The Labute approximate surface area is 105 Å². The van der Waals surface area contributed by atoms with Gasteiger partial charge in [-0.1, -0.05) is 0 Å². The first-order valence-electron chi connectivity index (χ1n) is 5.15. The molecule has 1 aromatic carbocycles. The van der Waals surface area contributed by atoms with Gasteiger partial charge in [0.25, 0.3) is 0 Å². The van der Waals surface area contributed by atoms with E-state index in [1.165, 1.54) is 18.2 Å². The van der Waals surface area contributed by atoms with Crippen molar-refractivity contribution < 1.29 is 23.1 Å².